The largest absolute Gasteiger partial charge is 0.593 e. The summed E-state index contributed by atoms with van der Waals surface area (Å²) in [4.78, 5) is 6.79. The molecule has 1 atom stereocenters. The van der Waals surface area contributed by atoms with Crippen LogP contribution in [0, 0.1) is 17.4 Å². The Hall–Kier alpha value is -0.720. The van der Waals surface area contributed by atoms with Crippen molar-refractivity contribution >= 4 is 44.2 Å². The third kappa shape index (κ3) is 5.69. The van der Waals surface area contributed by atoms with Crippen LogP contribution in [0.5, 0.6) is 0 Å². The lowest BCUT2D eigenvalue weighted by molar-refractivity contribution is 0.270. The summed E-state index contributed by atoms with van der Waals surface area (Å²) >= 11 is 3.71. The maximum absolute atomic E-state index is 12.2. The summed E-state index contributed by atoms with van der Waals surface area (Å²) in [6, 6.07) is 7.51. The molecule has 1 aromatic rings. The van der Waals surface area contributed by atoms with E-state index in [1.165, 1.54) is 11.8 Å². The molecule has 23 heavy (non-hydrogen) atoms. The molecule has 8 heteroatoms. The number of aliphatic imine (C=N–C) groups is 1. The van der Waals surface area contributed by atoms with Gasteiger partial charge in [0, 0.05) is 24.1 Å². The number of hydrogen-bond donors (Lipinski definition) is 1. The van der Waals surface area contributed by atoms with Crippen molar-refractivity contribution in [2.24, 2.45) is 10.9 Å². The molecule has 2 rings (SSSR count). The zero-order valence-corrected chi connectivity index (χ0v) is 16.1. The maximum Gasteiger partial charge on any atom is 0.208 e. The molecule has 0 radical (unpaired) electrons. The van der Waals surface area contributed by atoms with Crippen molar-refractivity contribution in [3.63, 3.8) is 0 Å². The Morgan fingerprint density at radius 2 is 2.13 bits per heavy atom. The SMILES string of the molecule is CS/C(=N\C#N)N1CCC(CN[S+]([O-])c2ccc(Br)cc2)CC1. The van der Waals surface area contributed by atoms with E-state index in [1.807, 2.05) is 36.7 Å². The van der Waals surface area contributed by atoms with E-state index in [4.69, 9.17) is 5.26 Å². The van der Waals surface area contributed by atoms with E-state index in [1.54, 1.807) is 0 Å². The molecule has 1 aromatic carbocycles. The second-order valence-corrected chi connectivity index (χ2v) is 8.19. The summed E-state index contributed by atoms with van der Waals surface area (Å²) in [5, 5.41) is 9.49. The minimum atomic E-state index is -1.17. The summed E-state index contributed by atoms with van der Waals surface area (Å²) in [7, 11) is 0. The van der Waals surface area contributed by atoms with Crippen LogP contribution in [0.15, 0.2) is 38.6 Å². The Kier molecular flexibility index (Phi) is 7.73. The summed E-state index contributed by atoms with van der Waals surface area (Å²) in [6.45, 7) is 2.51. The van der Waals surface area contributed by atoms with Gasteiger partial charge in [-0.15, -0.1) is 9.71 Å². The summed E-state index contributed by atoms with van der Waals surface area (Å²) in [6.07, 6.45) is 5.81. The minimum Gasteiger partial charge on any atom is -0.593 e. The molecule has 1 aliphatic heterocycles. The fourth-order valence-corrected chi connectivity index (χ4v) is 4.23. The van der Waals surface area contributed by atoms with Crippen molar-refractivity contribution in [1.82, 2.24) is 9.62 Å². The average molecular weight is 415 g/mol. The Labute approximate surface area is 153 Å². The van der Waals surface area contributed by atoms with Crippen LogP contribution in [-0.2, 0) is 11.4 Å². The molecule has 0 aliphatic carbocycles. The van der Waals surface area contributed by atoms with Gasteiger partial charge in [-0.3, -0.25) is 0 Å². The molecule has 1 saturated heterocycles. The van der Waals surface area contributed by atoms with E-state index in [-0.39, 0.29) is 0 Å². The molecule has 0 aromatic heterocycles. The highest BCUT2D eigenvalue weighted by Crippen LogP contribution is 2.20. The standard InChI is InChI=1S/C15H19BrN4OS2/c1-22-15(18-11-17)20-8-6-12(7-9-20)10-19-23(21)14-4-2-13(16)3-5-14/h2-5,12,19H,6-10H2,1H3/b18-15-. The van der Waals surface area contributed by atoms with E-state index in [0.29, 0.717) is 5.92 Å². The van der Waals surface area contributed by atoms with Crippen LogP contribution < -0.4 is 4.72 Å². The molecule has 0 bridgehead atoms. The molecule has 1 fully saturated rings. The number of hydrogen-bond acceptors (Lipinski definition) is 5. The number of piperidine rings is 1. The van der Waals surface area contributed by atoms with Gasteiger partial charge >= 0.3 is 0 Å². The fraction of sp³-hybridized carbons (Fsp3) is 0.467. The first kappa shape index (κ1) is 18.6. The van der Waals surface area contributed by atoms with Crippen LogP contribution in [-0.4, -0.2) is 40.5 Å². The van der Waals surface area contributed by atoms with Gasteiger partial charge < -0.3 is 9.45 Å². The Balaban J connectivity index is 1.77. The third-order valence-corrected chi connectivity index (χ3v) is 6.12. The van der Waals surface area contributed by atoms with Crippen molar-refractivity contribution < 1.29 is 4.55 Å². The van der Waals surface area contributed by atoms with Crippen molar-refractivity contribution in [2.75, 3.05) is 25.9 Å². The van der Waals surface area contributed by atoms with Crippen molar-refractivity contribution in [2.45, 2.75) is 17.7 Å². The van der Waals surface area contributed by atoms with Crippen LogP contribution in [0.25, 0.3) is 0 Å². The van der Waals surface area contributed by atoms with Gasteiger partial charge in [-0.2, -0.15) is 5.26 Å². The fourth-order valence-electron chi connectivity index (χ4n) is 2.45. The predicted octanol–water partition coefficient (Wildman–Crippen LogP) is 2.97. The smallest absolute Gasteiger partial charge is 0.208 e. The lowest BCUT2D eigenvalue weighted by Gasteiger charge is -2.33. The zero-order chi connectivity index (χ0) is 16.7. The number of nitrogens with one attached hydrogen (secondary N) is 1. The minimum absolute atomic E-state index is 0.496. The number of rotatable bonds is 4. The highest BCUT2D eigenvalue weighted by atomic mass is 79.9. The predicted molar refractivity (Wildman–Crippen MR) is 99.4 cm³/mol. The number of likely N-dealkylation sites (tertiary alicyclic amines) is 1. The van der Waals surface area contributed by atoms with Crippen molar-refractivity contribution in [3.8, 4) is 6.19 Å². The second-order valence-electron chi connectivity index (χ2n) is 5.20. The summed E-state index contributed by atoms with van der Waals surface area (Å²) < 4.78 is 16.3. The van der Waals surface area contributed by atoms with Gasteiger partial charge in [0.25, 0.3) is 0 Å². The maximum atomic E-state index is 12.2. The van der Waals surface area contributed by atoms with Gasteiger partial charge in [-0.05, 0) is 49.3 Å². The molecule has 5 nitrogen and oxygen atoms in total. The number of nitriles is 1. The molecule has 0 saturated carbocycles. The number of amidine groups is 1. The molecule has 1 heterocycles. The van der Waals surface area contributed by atoms with Crippen molar-refractivity contribution in [3.05, 3.63) is 28.7 Å². The van der Waals surface area contributed by atoms with Crippen molar-refractivity contribution in [1.29, 1.82) is 5.26 Å². The molecule has 1 N–H and O–H groups in total. The average Bonchev–Trinajstić information content (AvgIpc) is 2.59. The molecule has 1 unspecified atom stereocenters. The molecular weight excluding hydrogens is 396 g/mol. The number of nitrogens with zero attached hydrogens (tertiary/aromatic N) is 3. The van der Waals surface area contributed by atoms with E-state index >= 15 is 0 Å². The van der Waals surface area contributed by atoms with Gasteiger partial charge in [0.1, 0.15) is 0 Å². The Morgan fingerprint density at radius 3 is 2.70 bits per heavy atom. The third-order valence-electron chi connectivity index (χ3n) is 3.74. The number of halogens is 1. The second kappa shape index (κ2) is 9.55. The molecule has 124 valence electrons. The van der Waals surface area contributed by atoms with Crippen LogP contribution >= 0.6 is 27.7 Å². The van der Waals surface area contributed by atoms with Gasteiger partial charge in [0.2, 0.25) is 6.19 Å². The topological polar surface area (TPSA) is 74.5 Å². The Bertz CT molecular complexity index is 568. The van der Waals surface area contributed by atoms with E-state index < -0.39 is 11.4 Å². The van der Waals surface area contributed by atoms with E-state index in [2.05, 4.69) is 30.5 Å². The lowest BCUT2D eigenvalue weighted by Crippen LogP contribution is -2.40. The molecule has 0 spiro atoms. The van der Waals surface area contributed by atoms with Crippen LogP contribution in [0.4, 0.5) is 0 Å². The zero-order valence-electron chi connectivity index (χ0n) is 12.9. The highest BCUT2D eigenvalue weighted by Gasteiger charge is 2.23. The van der Waals surface area contributed by atoms with Gasteiger partial charge in [0.05, 0.1) is 11.4 Å². The van der Waals surface area contributed by atoms with E-state index in [0.717, 1.165) is 47.0 Å². The lowest BCUT2D eigenvalue weighted by atomic mass is 9.98. The van der Waals surface area contributed by atoms with Crippen LogP contribution in [0.1, 0.15) is 12.8 Å². The Morgan fingerprint density at radius 1 is 1.48 bits per heavy atom. The molecule has 0 amide bonds. The first-order valence-electron chi connectivity index (χ1n) is 7.30. The quantitative estimate of drug-likeness (QED) is 0.354. The summed E-state index contributed by atoms with van der Waals surface area (Å²) in [5.41, 5.74) is 0. The monoisotopic (exact) mass is 414 g/mol. The van der Waals surface area contributed by atoms with Gasteiger partial charge in [-0.1, -0.05) is 27.7 Å². The first-order valence-corrected chi connectivity index (χ1v) is 10.5. The molecule has 1 aliphatic rings. The summed E-state index contributed by atoms with van der Waals surface area (Å²) in [5.74, 6) is 0.496. The van der Waals surface area contributed by atoms with Gasteiger partial charge in [-0.25, -0.2) is 0 Å². The van der Waals surface area contributed by atoms with Crippen LogP contribution in [0.2, 0.25) is 0 Å². The van der Waals surface area contributed by atoms with Crippen LogP contribution in [0.3, 0.4) is 0 Å². The molecular formula is C15H19BrN4OS2. The highest BCUT2D eigenvalue weighted by molar-refractivity contribution is 9.10. The first-order chi connectivity index (χ1) is 11.1. The normalized spacial score (nSPS) is 17.8. The number of thioether (sulfide) groups is 1. The van der Waals surface area contributed by atoms with E-state index in [9.17, 15) is 4.55 Å². The van der Waals surface area contributed by atoms with Gasteiger partial charge in [0.15, 0.2) is 10.1 Å². The number of benzene rings is 1.